The number of nitrogens with zero attached hydrogens (tertiary/aromatic N) is 2. The van der Waals surface area contributed by atoms with Gasteiger partial charge in [0, 0.05) is 12.1 Å². The number of hydrazine groups is 1. The predicted molar refractivity (Wildman–Crippen MR) is 130 cm³/mol. The number of hydrogen-bond donors (Lipinski definition) is 4. The van der Waals surface area contributed by atoms with Crippen molar-refractivity contribution in [1.29, 1.82) is 5.26 Å². The number of carbonyl (C=O) groups excluding carboxylic acids is 2. The molecule has 5 atom stereocenters. The van der Waals surface area contributed by atoms with Gasteiger partial charge in [-0.25, -0.2) is 27.3 Å². The molecule has 2 heterocycles. The van der Waals surface area contributed by atoms with Gasteiger partial charge in [0.2, 0.25) is 5.91 Å². The molecule has 4 N–H and O–H groups in total. The van der Waals surface area contributed by atoms with Gasteiger partial charge in [0.25, 0.3) is 10.0 Å². The maximum atomic E-state index is 13.7. The van der Waals surface area contributed by atoms with E-state index in [-0.39, 0.29) is 29.6 Å². The van der Waals surface area contributed by atoms with Gasteiger partial charge in [-0.3, -0.25) is 10.2 Å². The van der Waals surface area contributed by atoms with Crippen molar-refractivity contribution >= 4 is 27.6 Å². The van der Waals surface area contributed by atoms with Crippen LogP contribution in [-0.2, 0) is 14.8 Å². The molecular weight excluding hydrogens is 487 g/mol. The van der Waals surface area contributed by atoms with Crippen molar-refractivity contribution in [2.75, 3.05) is 11.9 Å². The Kier molecular flexibility index (Phi) is 7.82. The normalized spacial score (nSPS) is 29.3. The van der Waals surface area contributed by atoms with E-state index in [1.807, 2.05) is 0 Å². The van der Waals surface area contributed by atoms with Crippen molar-refractivity contribution in [3.63, 3.8) is 0 Å². The van der Waals surface area contributed by atoms with Crippen LogP contribution in [0, 0.1) is 34.9 Å². The van der Waals surface area contributed by atoms with Gasteiger partial charge >= 0.3 is 6.03 Å². The van der Waals surface area contributed by atoms with Crippen LogP contribution in [0.5, 0.6) is 0 Å². The van der Waals surface area contributed by atoms with Crippen molar-refractivity contribution in [2.24, 2.45) is 17.8 Å². The summed E-state index contributed by atoms with van der Waals surface area (Å²) in [7, 11) is -4.40. The molecule has 4 rings (SSSR count). The summed E-state index contributed by atoms with van der Waals surface area (Å²) >= 11 is 0. The van der Waals surface area contributed by atoms with Gasteiger partial charge in [0.15, 0.2) is 0 Å². The first-order valence-corrected chi connectivity index (χ1v) is 13.9. The summed E-state index contributed by atoms with van der Waals surface area (Å²) in [6.07, 6.45) is 6.87. The quantitative estimate of drug-likeness (QED) is 0.437. The molecule has 1 saturated heterocycles. The van der Waals surface area contributed by atoms with E-state index in [9.17, 15) is 27.7 Å². The zero-order valence-electron chi connectivity index (χ0n) is 20.5. The van der Waals surface area contributed by atoms with Gasteiger partial charge in [-0.15, -0.1) is 0 Å². The highest BCUT2D eigenvalue weighted by atomic mass is 32.2. The lowest BCUT2D eigenvalue weighted by Crippen LogP contribution is -2.66. The van der Waals surface area contributed by atoms with Crippen LogP contribution >= 0.6 is 0 Å². The summed E-state index contributed by atoms with van der Waals surface area (Å²) in [5, 5.41) is 14.9. The molecule has 1 aromatic rings. The van der Waals surface area contributed by atoms with Crippen molar-refractivity contribution in [1.82, 2.24) is 20.5 Å². The monoisotopic (exact) mass is 520 g/mol. The number of nitriles is 1. The van der Waals surface area contributed by atoms with Crippen molar-refractivity contribution < 1.29 is 22.4 Å². The minimum absolute atomic E-state index is 0.0330. The third-order valence-electron chi connectivity index (χ3n) is 7.74. The molecule has 4 unspecified atom stereocenters. The summed E-state index contributed by atoms with van der Waals surface area (Å²) in [5.74, 6) is -0.849. The number of rotatable bonds is 5. The Morgan fingerprint density at radius 1 is 1.25 bits per heavy atom. The molecule has 3 amide bonds. The largest absolute Gasteiger partial charge is 0.350 e. The number of carbonyl (C=O) groups is 2. The third kappa shape index (κ3) is 5.19. The first-order valence-electron chi connectivity index (χ1n) is 12.5. The fourth-order valence-corrected chi connectivity index (χ4v) is 7.39. The average Bonchev–Trinajstić information content (AvgIpc) is 3.11. The van der Waals surface area contributed by atoms with Crippen LogP contribution in [0.15, 0.2) is 23.1 Å². The van der Waals surface area contributed by atoms with Crippen LogP contribution in [0.3, 0.4) is 0 Å². The van der Waals surface area contributed by atoms with Gasteiger partial charge < -0.3 is 10.6 Å². The fourth-order valence-electron chi connectivity index (χ4n) is 5.95. The van der Waals surface area contributed by atoms with Gasteiger partial charge in [0.05, 0.1) is 11.8 Å². The Morgan fingerprint density at radius 2 is 1.94 bits per heavy atom. The number of nitrogens with one attached hydrogen (secondary N) is 4. The van der Waals surface area contributed by atoms with E-state index in [1.165, 1.54) is 18.9 Å². The lowest BCUT2D eigenvalue weighted by molar-refractivity contribution is -0.122. The summed E-state index contributed by atoms with van der Waals surface area (Å²) < 4.78 is 39.9. The molecule has 2 fully saturated rings. The number of sulfonamides is 1. The van der Waals surface area contributed by atoms with Crippen molar-refractivity contribution in [3.8, 4) is 6.07 Å². The summed E-state index contributed by atoms with van der Waals surface area (Å²) in [5.41, 5.74) is 6.26. The average molecular weight is 521 g/mol. The molecule has 1 saturated carbocycles. The number of anilines is 1. The number of urea groups is 1. The Labute approximate surface area is 211 Å². The van der Waals surface area contributed by atoms with Gasteiger partial charge in [-0.05, 0) is 42.9 Å². The standard InChI is InChI=1S/C24H33FN6O4S/c1-14-22(16-7-5-3-4-6-8-16)19(12-26)29-30-23(14)15(2)27-21(32)13-31-24(33)28-18-10-9-17(25)11-20(18)36(31,34)35/h9-11,14-16,19,22-23,29-30H,3-8,13H2,1-2H3,(H,27,32)(H,28,33)/t14?,15-,19?,22?,23?/m0/s1. The molecule has 196 valence electrons. The first kappa shape index (κ1) is 26.3. The van der Waals surface area contributed by atoms with Crippen LogP contribution in [0.2, 0.25) is 0 Å². The lowest BCUT2D eigenvalue weighted by Gasteiger charge is -2.46. The zero-order chi connectivity index (χ0) is 26.0. The number of benzene rings is 1. The van der Waals surface area contributed by atoms with Crippen LogP contribution in [0.1, 0.15) is 52.4 Å². The highest BCUT2D eigenvalue weighted by Gasteiger charge is 2.44. The van der Waals surface area contributed by atoms with Crippen LogP contribution in [0.25, 0.3) is 0 Å². The van der Waals surface area contributed by atoms with Gasteiger partial charge in [-0.1, -0.05) is 45.4 Å². The predicted octanol–water partition coefficient (Wildman–Crippen LogP) is 2.46. The molecule has 3 aliphatic rings. The van der Waals surface area contributed by atoms with Crippen LogP contribution in [0.4, 0.5) is 14.9 Å². The number of halogens is 1. The number of fused-ring (bicyclic) bond motifs is 1. The minimum Gasteiger partial charge on any atom is -0.350 e. The molecule has 0 spiro atoms. The maximum Gasteiger partial charge on any atom is 0.336 e. The third-order valence-corrected chi connectivity index (χ3v) is 9.51. The second-order valence-corrected chi connectivity index (χ2v) is 11.9. The van der Waals surface area contributed by atoms with Crippen LogP contribution < -0.4 is 21.5 Å². The van der Waals surface area contributed by atoms with E-state index in [0.717, 1.165) is 37.8 Å². The molecule has 0 aromatic heterocycles. The SMILES string of the molecule is CC1C(C2CCCCCC2)C(C#N)NNC1[C@H](C)NC(=O)CN1C(=O)Nc2ccc(F)cc2S1(=O)=O. The van der Waals surface area contributed by atoms with E-state index in [0.29, 0.717) is 10.2 Å². The fraction of sp³-hybridized carbons (Fsp3) is 0.625. The molecule has 1 aliphatic carbocycles. The van der Waals surface area contributed by atoms with Crippen molar-refractivity contribution in [2.45, 2.75) is 75.4 Å². The number of hydrogen-bond acceptors (Lipinski definition) is 7. The molecule has 36 heavy (non-hydrogen) atoms. The van der Waals surface area contributed by atoms with Crippen molar-refractivity contribution in [3.05, 3.63) is 24.0 Å². The van der Waals surface area contributed by atoms with E-state index >= 15 is 0 Å². The summed E-state index contributed by atoms with van der Waals surface area (Å²) in [6.45, 7) is 3.14. The smallest absolute Gasteiger partial charge is 0.336 e. The molecular formula is C24H33FN6O4S. The minimum atomic E-state index is -4.40. The molecule has 10 nitrogen and oxygen atoms in total. The van der Waals surface area contributed by atoms with E-state index in [2.05, 4.69) is 34.5 Å². The highest BCUT2D eigenvalue weighted by molar-refractivity contribution is 7.90. The molecule has 2 aliphatic heterocycles. The maximum absolute atomic E-state index is 13.7. The molecule has 0 radical (unpaired) electrons. The second kappa shape index (κ2) is 10.7. The summed E-state index contributed by atoms with van der Waals surface area (Å²) in [6, 6.07) is 3.45. The second-order valence-electron chi connectivity index (χ2n) is 10.0. The highest BCUT2D eigenvalue weighted by Crippen LogP contribution is 2.38. The van der Waals surface area contributed by atoms with E-state index in [1.54, 1.807) is 6.92 Å². The Bertz CT molecular complexity index is 1150. The Hall–Kier alpha value is -2.75. The first-order chi connectivity index (χ1) is 17.1. The van der Waals surface area contributed by atoms with E-state index < -0.39 is 45.3 Å². The topological polar surface area (TPSA) is 143 Å². The van der Waals surface area contributed by atoms with Gasteiger partial charge in [0.1, 0.15) is 23.3 Å². The summed E-state index contributed by atoms with van der Waals surface area (Å²) in [4.78, 5) is 24.9. The van der Waals surface area contributed by atoms with Crippen LogP contribution in [-0.4, -0.2) is 49.3 Å². The Balaban J connectivity index is 1.44. The van der Waals surface area contributed by atoms with Gasteiger partial charge in [-0.2, -0.15) is 5.26 Å². The zero-order valence-corrected chi connectivity index (χ0v) is 21.3. The molecule has 0 bridgehead atoms. The Morgan fingerprint density at radius 3 is 2.61 bits per heavy atom. The number of amides is 3. The lowest BCUT2D eigenvalue weighted by atomic mass is 9.70. The van der Waals surface area contributed by atoms with E-state index in [4.69, 9.17) is 0 Å². The molecule has 1 aromatic carbocycles. The molecule has 12 heteroatoms.